The number of nitrogens with zero attached hydrogens (tertiary/aromatic N) is 1. The molecule has 0 aromatic heterocycles. The van der Waals surface area contributed by atoms with Gasteiger partial charge in [0.25, 0.3) is 0 Å². The summed E-state index contributed by atoms with van der Waals surface area (Å²) in [5.41, 5.74) is -1.54. The fourth-order valence-corrected chi connectivity index (χ4v) is 0.510. The second-order valence-corrected chi connectivity index (χ2v) is 5.79. The van der Waals surface area contributed by atoms with E-state index in [-0.39, 0.29) is 62.3 Å². The van der Waals surface area contributed by atoms with Gasteiger partial charge in [0.15, 0.2) is 0 Å². The predicted octanol–water partition coefficient (Wildman–Crippen LogP) is -0.975. The Labute approximate surface area is 131 Å². The molecular formula is C11H22KNO. The molecule has 14 heavy (non-hydrogen) atoms. The van der Waals surface area contributed by atoms with E-state index in [0.717, 1.165) is 0 Å². The van der Waals surface area contributed by atoms with E-state index in [9.17, 15) is 5.11 Å². The van der Waals surface area contributed by atoms with Gasteiger partial charge in [0.1, 0.15) is 0 Å². The van der Waals surface area contributed by atoms with Crippen molar-refractivity contribution in [3.8, 4) is 0 Å². The van der Waals surface area contributed by atoms with Crippen molar-refractivity contribution in [3.63, 3.8) is 0 Å². The summed E-state index contributed by atoms with van der Waals surface area (Å²) < 4.78 is 0. The van der Waals surface area contributed by atoms with Crippen LogP contribution in [0.1, 0.15) is 48.5 Å². The van der Waals surface area contributed by atoms with Crippen LogP contribution in [0, 0.1) is 5.41 Å². The van der Waals surface area contributed by atoms with Crippen molar-refractivity contribution in [1.29, 1.82) is 0 Å². The zero-order chi connectivity index (χ0) is 10.9. The van der Waals surface area contributed by atoms with Crippen LogP contribution >= 0.6 is 0 Å². The van der Waals surface area contributed by atoms with Gasteiger partial charge in [-0.3, -0.25) is 4.99 Å². The summed E-state index contributed by atoms with van der Waals surface area (Å²) in [6.07, 6.45) is 1.55. The minimum atomic E-state index is -1.10. The maximum Gasteiger partial charge on any atom is 1.00 e. The Balaban J connectivity index is 0. The molecule has 0 rings (SSSR count). The molecule has 0 aliphatic rings. The zero-order valence-corrected chi connectivity index (χ0v) is 14.1. The van der Waals surface area contributed by atoms with Gasteiger partial charge >= 0.3 is 51.4 Å². The Kier molecular flexibility index (Phi) is 7.00. The van der Waals surface area contributed by atoms with E-state index in [4.69, 9.17) is 0 Å². The van der Waals surface area contributed by atoms with Crippen LogP contribution in [0.25, 0.3) is 0 Å². The van der Waals surface area contributed by atoms with Crippen molar-refractivity contribution < 1.29 is 56.5 Å². The molecule has 0 aromatic carbocycles. The number of aliphatic imine (C=N–C) groups is 1. The van der Waals surface area contributed by atoms with E-state index < -0.39 is 5.60 Å². The SMILES string of the molecule is CC(C)(C)/N=C/C(C)([O-])C(C)(C)C.[K+]. The van der Waals surface area contributed by atoms with Gasteiger partial charge in [0, 0.05) is 0 Å². The number of hydrogen-bond acceptors (Lipinski definition) is 2. The van der Waals surface area contributed by atoms with Crippen molar-refractivity contribution in [2.24, 2.45) is 10.4 Å². The molecule has 0 fully saturated rings. The first-order valence-electron chi connectivity index (χ1n) is 4.72. The predicted molar refractivity (Wildman–Crippen MR) is 56.1 cm³/mol. The fraction of sp³-hybridized carbons (Fsp3) is 0.909. The maximum absolute atomic E-state index is 12.0. The average Bonchev–Trinajstić information content (AvgIpc) is 1.79. The first kappa shape index (κ1) is 17.7. The van der Waals surface area contributed by atoms with E-state index in [1.165, 1.54) is 0 Å². The van der Waals surface area contributed by atoms with E-state index in [1.807, 2.05) is 41.5 Å². The Morgan fingerprint density at radius 1 is 0.929 bits per heavy atom. The van der Waals surface area contributed by atoms with Gasteiger partial charge in [-0.25, -0.2) is 0 Å². The van der Waals surface area contributed by atoms with Crippen LogP contribution in [0.2, 0.25) is 0 Å². The van der Waals surface area contributed by atoms with Gasteiger partial charge in [0.2, 0.25) is 0 Å². The van der Waals surface area contributed by atoms with Crippen molar-refractivity contribution >= 4 is 6.21 Å². The molecule has 1 unspecified atom stereocenters. The summed E-state index contributed by atoms with van der Waals surface area (Å²) >= 11 is 0. The summed E-state index contributed by atoms with van der Waals surface area (Å²) in [5.74, 6) is 0. The minimum absolute atomic E-state index is 0. The van der Waals surface area contributed by atoms with Gasteiger partial charge in [-0.2, -0.15) is 0 Å². The molecule has 78 valence electrons. The third-order valence-corrected chi connectivity index (χ3v) is 2.19. The third-order valence-electron chi connectivity index (χ3n) is 2.19. The molecule has 0 heterocycles. The van der Waals surface area contributed by atoms with Gasteiger partial charge in [0.05, 0.1) is 5.54 Å². The van der Waals surface area contributed by atoms with E-state index in [2.05, 4.69) is 4.99 Å². The van der Waals surface area contributed by atoms with Crippen LogP contribution < -0.4 is 56.5 Å². The van der Waals surface area contributed by atoms with E-state index in [0.29, 0.717) is 0 Å². The monoisotopic (exact) mass is 223 g/mol. The number of hydrogen-bond donors (Lipinski definition) is 0. The smallest absolute Gasteiger partial charge is 0.845 e. The topological polar surface area (TPSA) is 35.4 Å². The summed E-state index contributed by atoms with van der Waals surface area (Å²) in [7, 11) is 0. The minimum Gasteiger partial charge on any atom is -0.845 e. The molecule has 0 aromatic rings. The molecule has 0 saturated heterocycles. The van der Waals surface area contributed by atoms with Crippen LogP contribution in [0.5, 0.6) is 0 Å². The standard InChI is InChI=1S/C11H22NO.K/c1-9(2,3)11(7,13)8-12-10(4,5)6;/h8H,1-7H3;/q-1;+1/b12-8+;. The molecule has 0 amide bonds. The van der Waals surface area contributed by atoms with Crippen molar-refractivity contribution in [3.05, 3.63) is 0 Å². The van der Waals surface area contributed by atoms with Crippen molar-refractivity contribution in [1.82, 2.24) is 0 Å². The van der Waals surface area contributed by atoms with E-state index >= 15 is 0 Å². The van der Waals surface area contributed by atoms with Crippen LogP contribution in [-0.2, 0) is 0 Å². The largest absolute Gasteiger partial charge is 1.00 e. The molecule has 0 spiro atoms. The molecule has 1 atom stereocenters. The van der Waals surface area contributed by atoms with Crippen LogP contribution in [-0.4, -0.2) is 17.4 Å². The van der Waals surface area contributed by atoms with Gasteiger partial charge < -0.3 is 5.11 Å². The third kappa shape index (κ3) is 6.70. The quantitative estimate of drug-likeness (QED) is 0.416. The van der Waals surface area contributed by atoms with Gasteiger partial charge in [-0.15, -0.1) is 0 Å². The molecule has 0 saturated carbocycles. The van der Waals surface area contributed by atoms with Crippen molar-refractivity contribution in [2.75, 3.05) is 0 Å². The summed E-state index contributed by atoms with van der Waals surface area (Å²) in [5, 5.41) is 12.0. The Morgan fingerprint density at radius 2 is 1.29 bits per heavy atom. The Bertz CT molecular complexity index is 196. The van der Waals surface area contributed by atoms with Crippen LogP contribution in [0.3, 0.4) is 0 Å². The van der Waals surface area contributed by atoms with E-state index in [1.54, 1.807) is 13.1 Å². The molecule has 3 heteroatoms. The molecule has 2 nitrogen and oxygen atoms in total. The first-order chi connectivity index (χ1) is 5.46. The molecule has 0 aliphatic carbocycles. The van der Waals surface area contributed by atoms with Gasteiger partial charge in [-0.1, -0.05) is 33.3 Å². The normalized spacial score (nSPS) is 17.7. The molecular weight excluding hydrogens is 201 g/mol. The summed E-state index contributed by atoms with van der Waals surface area (Å²) in [6.45, 7) is 13.5. The molecule has 0 aliphatic heterocycles. The van der Waals surface area contributed by atoms with Crippen molar-refractivity contribution in [2.45, 2.75) is 59.6 Å². The fourth-order valence-electron chi connectivity index (χ4n) is 0.510. The maximum atomic E-state index is 12.0. The first-order valence-corrected chi connectivity index (χ1v) is 4.72. The summed E-state index contributed by atoms with van der Waals surface area (Å²) in [6, 6.07) is 0. The second-order valence-electron chi connectivity index (χ2n) is 5.79. The molecule has 0 N–H and O–H groups in total. The summed E-state index contributed by atoms with van der Waals surface area (Å²) in [4.78, 5) is 4.26. The van der Waals surface area contributed by atoms with Crippen LogP contribution in [0.4, 0.5) is 0 Å². The van der Waals surface area contributed by atoms with Crippen LogP contribution in [0.15, 0.2) is 4.99 Å². The number of rotatable bonds is 1. The Morgan fingerprint density at radius 3 is 1.50 bits per heavy atom. The molecule has 0 bridgehead atoms. The van der Waals surface area contributed by atoms with Gasteiger partial charge in [-0.05, 0) is 32.4 Å². The Hall–Kier alpha value is 1.27. The second kappa shape index (κ2) is 5.55. The zero-order valence-electron chi connectivity index (χ0n) is 10.9. The molecule has 0 radical (unpaired) electrons. The average molecular weight is 223 g/mol.